The molecule has 0 saturated carbocycles. The number of benzene rings is 1. The van der Waals surface area contributed by atoms with Crippen molar-refractivity contribution in [3.63, 3.8) is 0 Å². The molecule has 0 radical (unpaired) electrons. The zero-order valence-corrected chi connectivity index (χ0v) is 9.94. The van der Waals surface area contributed by atoms with Crippen LogP contribution in [-0.2, 0) is 6.42 Å². The minimum Gasteiger partial charge on any atom is -0.461 e. The summed E-state index contributed by atoms with van der Waals surface area (Å²) in [5.41, 5.74) is 1.69. The summed E-state index contributed by atoms with van der Waals surface area (Å²) < 4.78 is 5.76. The van der Waals surface area contributed by atoms with Gasteiger partial charge in [0.25, 0.3) is 0 Å². The molecular weight excluding hydrogens is 210 g/mol. The lowest BCUT2D eigenvalue weighted by atomic mass is 10.1. The standard InChI is InChI=1S/C15H15NO/c1-2-3-4-14-9-10-15(17-14)13-7-5-12(11-16)6-8-13/h5-10H,2-4H2,1H3. The molecule has 0 amide bonds. The Hall–Kier alpha value is -2.01. The summed E-state index contributed by atoms with van der Waals surface area (Å²) >= 11 is 0. The van der Waals surface area contributed by atoms with Crippen LogP contribution in [0.3, 0.4) is 0 Å². The number of rotatable bonds is 4. The first-order chi connectivity index (χ1) is 8.33. The zero-order valence-electron chi connectivity index (χ0n) is 9.94. The van der Waals surface area contributed by atoms with Crippen LogP contribution in [-0.4, -0.2) is 0 Å². The smallest absolute Gasteiger partial charge is 0.134 e. The second-order valence-corrected chi connectivity index (χ2v) is 4.06. The quantitative estimate of drug-likeness (QED) is 0.783. The van der Waals surface area contributed by atoms with Gasteiger partial charge in [0, 0.05) is 12.0 Å². The van der Waals surface area contributed by atoms with Crippen molar-refractivity contribution in [2.45, 2.75) is 26.2 Å². The predicted octanol–water partition coefficient (Wildman–Crippen LogP) is 4.16. The van der Waals surface area contributed by atoms with Gasteiger partial charge in [-0.2, -0.15) is 5.26 Å². The molecule has 2 heteroatoms. The minimum atomic E-state index is 0.673. The molecule has 2 rings (SSSR count). The van der Waals surface area contributed by atoms with Gasteiger partial charge in [-0.25, -0.2) is 0 Å². The highest BCUT2D eigenvalue weighted by Gasteiger charge is 2.04. The number of aryl methyl sites for hydroxylation is 1. The molecule has 0 bridgehead atoms. The molecule has 2 nitrogen and oxygen atoms in total. The Morgan fingerprint density at radius 3 is 2.53 bits per heavy atom. The molecule has 86 valence electrons. The molecule has 0 saturated heterocycles. The molecule has 1 aromatic heterocycles. The molecule has 0 N–H and O–H groups in total. The molecule has 0 aliphatic carbocycles. The zero-order chi connectivity index (χ0) is 12.1. The normalized spacial score (nSPS) is 10.1. The maximum atomic E-state index is 8.73. The van der Waals surface area contributed by atoms with E-state index in [1.165, 1.54) is 6.42 Å². The van der Waals surface area contributed by atoms with Crippen molar-refractivity contribution in [2.75, 3.05) is 0 Å². The maximum absolute atomic E-state index is 8.73. The summed E-state index contributed by atoms with van der Waals surface area (Å²) in [6, 6.07) is 13.6. The van der Waals surface area contributed by atoms with E-state index in [4.69, 9.17) is 9.68 Å². The number of hydrogen-bond acceptors (Lipinski definition) is 2. The molecule has 0 atom stereocenters. The highest BCUT2D eigenvalue weighted by Crippen LogP contribution is 2.23. The SMILES string of the molecule is CCCCc1ccc(-c2ccc(C#N)cc2)o1. The Morgan fingerprint density at radius 2 is 1.88 bits per heavy atom. The van der Waals surface area contributed by atoms with Gasteiger partial charge in [0.05, 0.1) is 11.6 Å². The van der Waals surface area contributed by atoms with Crippen LogP contribution in [0.25, 0.3) is 11.3 Å². The largest absolute Gasteiger partial charge is 0.461 e. The van der Waals surface area contributed by atoms with Gasteiger partial charge in [-0.05, 0) is 42.8 Å². The van der Waals surface area contributed by atoms with Crippen molar-refractivity contribution < 1.29 is 4.42 Å². The Morgan fingerprint density at radius 1 is 1.12 bits per heavy atom. The van der Waals surface area contributed by atoms with Crippen LogP contribution in [0, 0.1) is 11.3 Å². The highest BCUT2D eigenvalue weighted by molar-refractivity contribution is 5.58. The fourth-order valence-electron chi connectivity index (χ4n) is 1.73. The summed E-state index contributed by atoms with van der Waals surface area (Å²) in [6.45, 7) is 2.17. The molecular formula is C15H15NO. The van der Waals surface area contributed by atoms with E-state index < -0.39 is 0 Å². The molecule has 1 heterocycles. The summed E-state index contributed by atoms with van der Waals surface area (Å²) in [4.78, 5) is 0. The van der Waals surface area contributed by atoms with Gasteiger partial charge in [0.2, 0.25) is 0 Å². The third kappa shape index (κ3) is 2.76. The molecule has 0 unspecified atom stereocenters. The lowest BCUT2D eigenvalue weighted by molar-refractivity contribution is 0.512. The molecule has 2 aromatic rings. The Labute approximate surface area is 102 Å². The highest BCUT2D eigenvalue weighted by atomic mass is 16.3. The maximum Gasteiger partial charge on any atom is 0.134 e. The molecule has 0 aliphatic rings. The van der Waals surface area contributed by atoms with Gasteiger partial charge >= 0.3 is 0 Å². The number of furan rings is 1. The summed E-state index contributed by atoms with van der Waals surface area (Å²) in [7, 11) is 0. The summed E-state index contributed by atoms with van der Waals surface area (Å²) in [6.07, 6.45) is 3.32. The molecule has 1 aromatic carbocycles. The van der Waals surface area contributed by atoms with E-state index in [1.54, 1.807) is 0 Å². The number of unbranched alkanes of at least 4 members (excludes halogenated alkanes) is 1. The van der Waals surface area contributed by atoms with Crippen LogP contribution in [0.2, 0.25) is 0 Å². The second kappa shape index (κ2) is 5.36. The summed E-state index contributed by atoms with van der Waals surface area (Å²) in [5, 5.41) is 8.73. The van der Waals surface area contributed by atoms with E-state index in [1.807, 2.05) is 36.4 Å². The topological polar surface area (TPSA) is 36.9 Å². The lowest BCUT2D eigenvalue weighted by Crippen LogP contribution is -1.79. The van der Waals surface area contributed by atoms with Gasteiger partial charge in [0.15, 0.2) is 0 Å². The van der Waals surface area contributed by atoms with Crippen molar-refractivity contribution in [1.82, 2.24) is 0 Å². The Bertz CT molecular complexity index is 517. The first kappa shape index (κ1) is 11.5. The van der Waals surface area contributed by atoms with Gasteiger partial charge in [0.1, 0.15) is 11.5 Å². The van der Waals surface area contributed by atoms with Crippen molar-refractivity contribution in [3.8, 4) is 17.4 Å². The molecule has 0 aliphatic heterocycles. The van der Waals surface area contributed by atoms with Gasteiger partial charge in [-0.15, -0.1) is 0 Å². The lowest BCUT2D eigenvalue weighted by Gasteiger charge is -1.97. The van der Waals surface area contributed by atoms with Crippen molar-refractivity contribution in [2.24, 2.45) is 0 Å². The van der Waals surface area contributed by atoms with Crippen LogP contribution in [0.15, 0.2) is 40.8 Å². The first-order valence-electron chi connectivity index (χ1n) is 5.92. The molecule has 0 fully saturated rings. The van der Waals surface area contributed by atoms with E-state index in [0.717, 1.165) is 29.9 Å². The van der Waals surface area contributed by atoms with Crippen LogP contribution < -0.4 is 0 Å². The van der Waals surface area contributed by atoms with Crippen LogP contribution in [0.5, 0.6) is 0 Å². The van der Waals surface area contributed by atoms with Crippen LogP contribution in [0.4, 0.5) is 0 Å². The fourth-order valence-corrected chi connectivity index (χ4v) is 1.73. The fraction of sp³-hybridized carbons (Fsp3) is 0.267. The van der Waals surface area contributed by atoms with Gasteiger partial charge in [-0.1, -0.05) is 13.3 Å². The molecule has 0 spiro atoms. The average Bonchev–Trinajstić information content (AvgIpc) is 2.85. The van der Waals surface area contributed by atoms with E-state index in [9.17, 15) is 0 Å². The molecule has 17 heavy (non-hydrogen) atoms. The van der Waals surface area contributed by atoms with Gasteiger partial charge < -0.3 is 4.42 Å². The van der Waals surface area contributed by atoms with E-state index >= 15 is 0 Å². The third-order valence-electron chi connectivity index (χ3n) is 2.74. The Balaban J connectivity index is 2.16. The first-order valence-corrected chi connectivity index (χ1v) is 5.92. The average molecular weight is 225 g/mol. The minimum absolute atomic E-state index is 0.673. The van der Waals surface area contributed by atoms with Crippen molar-refractivity contribution >= 4 is 0 Å². The van der Waals surface area contributed by atoms with Crippen molar-refractivity contribution in [1.29, 1.82) is 5.26 Å². The number of hydrogen-bond donors (Lipinski definition) is 0. The van der Waals surface area contributed by atoms with Gasteiger partial charge in [-0.3, -0.25) is 0 Å². The monoisotopic (exact) mass is 225 g/mol. The number of nitrogens with zero attached hydrogens (tertiary/aromatic N) is 1. The predicted molar refractivity (Wildman–Crippen MR) is 67.5 cm³/mol. The second-order valence-electron chi connectivity index (χ2n) is 4.06. The van der Waals surface area contributed by atoms with Crippen LogP contribution >= 0.6 is 0 Å². The van der Waals surface area contributed by atoms with Crippen LogP contribution in [0.1, 0.15) is 31.1 Å². The number of nitriles is 1. The van der Waals surface area contributed by atoms with E-state index in [-0.39, 0.29) is 0 Å². The van der Waals surface area contributed by atoms with E-state index in [2.05, 4.69) is 13.0 Å². The van der Waals surface area contributed by atoms with E-state index in [0.29, 0.717) is 5.56 Å². The Kier molecular flexibility index (Phi) is 3.62. The third-order valence-corrected chi connectivity index (χ3v) is 2.74. The summed E-state index contributed by atoms with van der Waals surface area (Å²) in [5.74, 6) is 1.91. The van der Waals surface area contributed by atoms with Crippen molar-refractivity contribution in [3.05, 3.63) is 47.7 Å².